The van der Waals surface area contributed by atoms with Gasteiger partial charge < -0.3 is 101 Å². The highest BCUT2D eigenvalue weighted by Gasteiger charge is 2.45. The van der Waals surface area contributed by atoms with E-state index in [0.29, 0.717) is 12.8 Å². The normalized spacial score (nSPS) is 18.0. The minimum atomic E-state index is -1.83. The number of nitrogens with zero attached hydrogens (tertiary/aromatic N) is 2. The minimum Gasteiger partial charge on any atom is -0.480 e. The first-order valence-electron chi connectivity index (χ1n) is 32.5. The third kappa shape index (κ3) is 28.8. The van der Waals surface area contributed by atoms with Crippen molar-refractivity contribution in [1.82, 2.24) is 63.0 Å². The summed E-state index contributed by atoms with van der Waals surface area (Å²) in [5, 5.41) is 55.2. The molecule has 0 saturated carbocycles. The Bertz CT molecular complexity index is 2760. The van der Waals surface area contributed by atoms with Crippen LogP contribution < -0.4 is 76.1 Å². The molecule has 13 atom stereocenters. The number of carbonyl (C=O) groups excluding carboxylic acids is 15. The van der Waals surface area contributed by atoms with Crippen LogP contribution in [0.5, 0.6) is 0 Å². The highest BCUT2D eigenvalue weighted by Crippen LogP contribution is 2.27. The summed E-state index contributed by atoms with van der Waals surface area (Å²) in [6.07, 6.45) is -2.86. The number of likely N-dealkylation sites (tertiary alicyclic amines) is 2. The van der Waals surface area contributed by atoms with Crippen molar-refractivity contribution in [2.75, 3.05) is 26.2 Å². The topological polar surface area (TPSA) is 565 Å². The molecule has 0 unspecified atom stereocenters. The van der Waals surface area contributed by atoms with Gasteiger partial charge in [0.05, 0.1) is 25.3 Å². The third-order valence-electron chi connectivity index (χ3n) is 15.7. The molecule has 0 aromatic rings. The smallest absolute Gasteiger partial charge is 0.326 e. The first-order chi connectivity index (χ1) is 44.8. The van der Waals surface area contributed by atoms with Crippen LogP contribution in [-0.4, -0.2) is 225 Å². The fourth-order valence-corrected chi connectivity index (χ4v) is 10.7. The Morgan fingerprint density at radius 3 is 1.23 bits per heavy atom. The first-order valence-corrected chi connectivity index (χ1v) is 32.5. The number of carboxylic acid groups (broad SMARTS) is 1. The number of aliphatic hydroxyl groups is 2. The van der Waals surface area contributed by atoms with E-state index in [-0.39, 0.29) is 94.5 Å². The average molecular weight is 1370 g/mol. The van der Waals surface area contributed by atoms with Gasteiger partial charge in [0, 0.05) is 32.4 Å². The number of nitrogens with one attached hydrogen (secondary N) is 10. The number of primary amides is 3. The quantitative estimate of drug-likeness (QED) is 0.0271. The zero-order valence-corrected chi connectivity index (χ0v) is 56.6. The molecule has 542 valence electrons. The van der Waals surface area contributed by atoms with Crippen LogP contribution in [0.25, 0.3) is 0 Å². The second kappa shape index (κ2) is 40.7. The lowest BCUT2D eigenvalue weighted by molar-refractivity contribution is -0.149. The lowest BCUT2D eigenvalue weighted by Crippen LogP contribution is -2.61. The molecule has 0 spiro atoms. The summed E-state index contributed by atoms with van der Waals surface area (Å²) < 4.78 is 0. The van der Waals surface area contributed by atoms with Gasteiger partial charge in [0.1, 0.15) is 66.5 Å². The maximum atomic E-state index is 14.5. The zero-order valence-electron chi connectivity index (χ0n) is 56.6. The number of rotatable bonds is 42. The van der Waals surface area contributed by atoms with E-state index in [4.69, 9.17) is 22.9 Å². The van der Waals surface area contributed by atoms with Crippen molar-refractivity contribution in [1.29, 1.82) is 0 Å². The van der Waals surface area contributed by atoms with Crippen LogP contribution in [0.3, 0.4) is 0 Å². The van der Waals surface area contributed by atoms with Crippen LogP contribution in [0.1, 0.15) is 159 Å². The number of carbonyl (C=O) groups is 16. The summed E-state index contributed by atoms with van der Waals surface area (Å²) in [5.74, 6) is -15.6. The summed E-state index contributed by atoms with van der Waals surface area (Å²) in [6.45, 7) is 14.7. The molecule has 0 aliphatic carbocycles. The van der Waals surface area contributed by atoms with Gasteiger partial charge in [-0.25, -0.2) is 4.79 Å². The number of nitrogens with two attached hydrogens (primary N) is 4. The molecule has 0 aromatic carbocycles. The highest BCUT2D eigenvalue weighted by molar-refractivity contribution is 6.00. The highest BCUT2D eigenvalue weighted by atomic mass is 16.4. The van der Waals surface area contributed by atoms with Crippen molar-refractivity contribution in [3.05, 3.63) is 0 Å². The fourth-order valence-electron chi connectivity index (χ4n) is 10.7. The molecule has 15 amide bonds. The van der Waals surface area contributed by atoms with E-state index in [1.807, 2.05) is 0 Å². The van der Waals surface area contributed by atoms with E-state index in [0.717, 1.165) is 6.92 Å². The number of aliphatic carboxylic acids is 1. The fraction of sp³-hybridized carbons (Fsp3) is 0.738. The Hall–Kier alpha value is -8.60. The summed E-state index contributed by atoms with van der Waals surface area (Å²) in [6, 6.07) is -16.7. The van der Waals surface area contributed by atoms with Crippen molar-refractivity contribution >= 4 is 94.6 Å². The summed E-state index contributed by atoms with van der Waals surface area (Å²) in [5.41, 5.74) is 21.6. The molecule has 2 aliphatic heterocycles. The van der Waals surface area contributed by atoms with Gasteiger partial charge >= 0.3 is 5.97 Å². The van der Waals surface area contributed by atoms with Gasteiger partial charge in [-0.2, -0.15) is 0 Å². The molecule has 2 heterocycles. The SMILES string of the molecule is CC(C)C[C@H](NC(=O)[C@H](C)N)C(=O)N[C@@H](CCC(N)=O)C(=O)N[C@@H](CO)C(=O)N[C@@H](CC(C)C)C(=O)N[C@@H](CC(C)C)C(=O)NCC(=O)N[C@H](C(=O)N[C@@H](CCC(N)=O)C(=O)N[C@@H](CC(C)C)C(=O)N1CCC[C@H]1C(=O)N1CCC[C@H]1C(=O)N[C@@H](CCC(N)=O)C(=O)O)[C@@H](C)O. The van der Waals surface area contributed by atoms with Crippen LogP contribution in [0.2, 0.25) is 0 Å². The van der Waals surface area contributed by atoms with Crippen molar-refractivity contribution < 1.29 is 92.0 Å². The van der Waals surface area contributed by atoms with Crippen LogP contribution >= 0.6 is 0 Å². The van der Waals surface area contributed by atoms with Crippen LogP contribution in [0.15, 0.2) is 0 Å². The van der Waals surface area contributed by atoms with Crippen molar-refractivity contribution in [2.45, 2.75) is 238 Å². The molecule has 2 rings (SSSR count). The standard InChI is InChI=1S/C61H104N16O19/c1-29(2)23-38(71-55(89)40(25-31(5)6)72-56(90)42(28-78)74-53(87)35(15-18-45(63)80)67-54(88)39(24-30(3)4)70-50(84)33(9)62)51(85)66-27-48(83)75-49(34(10)79)58(92)68-36(16-19-46(64)81)52(86)73-41(26-32(7)8)59(93)77-22-12-14-44(77)60(94)76-21-11-13-43(76)57(91)69-37(61(95)96)17-20-47(65)82/h29-44,49,78-79H,11-28,62H2,1-10H3,(H2,63,80)(H2,64,81)(H2,65,82)(H,66,85)(H,67,88)(H,68,92)(H,69,91)(H,70,84)(H,71,89)(H,72,90)(H,73,86)(H,74,87)(H,75,83)(H,95,96)/t33-,34+,35-,36-,37-,38-,39-,40-,41-,42-,43-,44-,49-/m0/s1. The number of aliphatic hydroxyl groups excluding tert-OH is 2. The molecule has 35 nitrogen and oxygen atoms in total. The van der Waals surface area contributed by atoms with Gasteiger partial charge in [-0.3, -0.25) is 71.9 Å². The molecule has 35 heteroatoms. The number of carboxylic acids is 1. The van der Waals surface area contributed by atoms with Gasteiger partial charge in [0.25, 0.3) is 0 Å². The van der Waals surface area contributed by atoms with Gasteiger partial charge in [0.15, 0.2) is 0 Å². The predicted molar refractivity (Wildman–Crippen MR) is 343 cm³/mol. The average Bonchev–Trinajstić information content (AvgIpc) is 1.62. The first kappa shape index (κ1) is 83.5. The van der Waals surface area contributed by atoms with E-state index >= 15 is 0 Å². The molecular weight excluding hydrogens is 1260 g/mol. The Morgan fingerprint density at radius 1 is 0.438 bits per heavy atom. The third-order valence-corrected chi connectivity index (χ3v) is 15.7. The van der Waals surface area contributed by atoms with E-state index < -0.39 is 206 Å². The maximum Gasteiger partial charge on any atom is 0.326 e. The molecule has 2 fully saturated rings. The lowest BCUT2D eigenvalue weighted by atomic mass is 9.99. The van der Waals surface area contributed by atoms with Gasteiger partial charge in [0.2, 0.25) is 88.6 Å². The van der Waals surface area contributed by atoms with E-state index in [1.165, 1.54) is 16.7 Å². The van der Waals surface area contributed by atoms with Crippen LogP contribution in [0.4, 0.5) is 0 Å². The summed E-state index contributed by atoms with van der Waals surface area (Å²) in [4.78, 5) is 215. The zero-order chi connectivity index (χ0) is 73.0. The Morgan fingerprint density at radius 2 is 0.802 bits per heavy atom. The second-order valence-corrected chi connectivity index (χ2v) is 26.2. The van der Waals surface area contributed by atoms with Crippen LogP contribution in [0, 0.1) is 23.7 Å². The van der Waals surface area contributed by atoms with Gasteiger partial charge in [-0.15, -0.1) is 0 Å². The van der Waals surface area contributed by atoms with Gasteiger partial charge in [-0.1, -0.05) is 55.4 Å². The van der Waals surface area contributed by atoms with Crippen molar-refractivity contribution in [2.24, 2.45) is 46.6 Å². The van der Waals surface area contributed by atoms with Gasteiger partial charge in [-0.05, 0) is 108 Å². The van der Waals surface area contributed by atoms with Crippen molar-refractivity contribution in [3.8, 4) is 0 Å². The maximum absolute atomic E-state index is 14.5. The molecule has 21 N–H and O–H groups in total. The number of amides is 15. The monoisotopic (exact) mass is 1360 g/mol. The largest absolute Gasteiger partial charge is 0.480 e. The lowest BCUT2D eigenvalue weighted by Gasteiger charge is -2.34. The molecular formula is C61H104N16O19. The molecule has 2 saturated heterocycles. The second-order valence-electron chi connectivity index (χ2n) is 26.2. The summed E-state index contributed by atoms with van der Waals surface area (Å²) in [7, 11) is 0. The molecule has 2 aliphatic rings. The molecule has 0 aromatic heterocycles. The van der Waals surface area contributed by atoms with Crippen molar-refractivity contribution in [3.63, 3.8) is 0 Å². The van der Waals surface area contributed by atoms with E-state index in [2.05, 4.69) is 53.2 Å². The number of hydrogen-bond donors (Lipinski definition) is 17. The molecule has 0 radical (unpaired) electrons. The Kier molecular flexibility index (Phi) is 35.4. The van der Waals surface area contributed by atoms with Crippen LogP contribution in [-0.2, 0) is 76.7 Å². The molecule has 96 heavy (non-hydrogen) atoms. The Labute approximate surface area is 558 Å². The van der Waals surface area contributed by atoms with E-state index in [9.17, 15) is 92.0 Å². The predicted octanol–water partition coefficient (Wildman–Crippen LogP) is -5.77. The number of hydrogen-bond acceptors (Lipinski definition) is 19. The minimum absolute atomic E-state index is 0.00457. The van der Waals surface area contributed by atoms with E-state index in [1.54, 1.807) is 55.4 Å². The summed E-state index contributed by atoms with van der Waals surface area (Å²) >= 11 is 0. The Balaban J connectivity index is 2.29. The molecule has 0 bridgehead atoms.